The minimum Gasteiger partial charge on any atom is -0.275 e. The van der Waals surface area contributed by atoms with E-state index in [1.807, 2.05) is 0 Å². The van der Waals surface area contributed by atoms with Crippen molar-refractivity contribution in [3.8, 4) is 0 Å². The summed E-state index contributed by atoms with van der Waals surface area (Å²) in [4.78, 5) is 8.04. The molecule has 70 valence electrons. The molecular weight excluding hydrogens is 180 g/mol. The topological polar surface area (TPSA) is 73.5 Å². The van der Waals surface area contributed by atoms with Gasteiger partial charge >= 0.3 is 0 Å². The molecule has 14 heavy (non-hydrogen) atoms. The lowest BCUT2D eigenvalue weighted by Gasteiger charge is -2.07. The molecule has 0 aromatic rings. The lowest BCUT2D eigenvalue weighted by Crippen LogP contribution is -2.16. The van der Waals surface area contributed by atoms with Crippen LogP contribution >= 0.6 is 0 Å². The normalized spacial score (nSPS) is 21.9. The van der Waals surface area contributed by atoms with Gasteiger partial charge in [-0.05, 0) is 0 Å². The molecule has 0 atom stereocenters. The molecule has 6 heteroatoms. The van der Waals surface area contributed by atoms with Gasteiger partial charge in [0.05, 0.1) is 18.1 Å². The van der Waals surface area contributed by atoms with Crippen molar-refractivity contribution < 1.29 is 0 Å². The number of allylic oxidation sites excluding steroid dienone is 1. The largest absolute Gasteiger partial charge is 0.275 e. The summed E-state index contributed by atoms with van der Waals surface area (Å²) in [6.45, 7) is 3.64. The van der Waals surface area contributed by atoms with Gasteiger partial charge in [-0.1, -0.05) is 6.58 Å². The van der Waals surface area contributed by atoms with Gasteiger partial charge in [-0.3, -0.25) is 10.9 Å². The zero-order valence-corrected chi connectivity index (χ0v) is 7.31. The van der Waals surface area contributed by atoms with Crippen molar-refractivity contribution in [3.05, 3.63) is 24.2 Å². The molecular formula is C8H8N6. The molecule has 0 fully saturated rings. The molecule has 0 spiro atoms. The highest BCUT2D eigenvalue weighted by molar-refractivity contribution is 6.16. The first kappa shape index (κ1) is 8.36. The quantitative estimate of drug-likeness (QED) is 0.607. The zero-order chi connectivity index (χ0) is 9.80. The third kappa shape index (κ3) is 1.92. The number of hydrogen-bond donors (Lipinski definition) is 2. The lowest BCUT2D eigenvalue weighted by atomic mass is 10.4. The Morgan fingerprint density at radius 3 is 2.79 bits per heavy atom. The van der Waals surface area contributed by atoms with Crippen molar-refractivity contribution in [2.75, 3.05) is 0 Å². The fourth-order valence-corrected chi connectivity index (χ4v) is 0.871. The number of nitrogens with zero attached hydrogens (tertiary/aromatic N) is 4. The third-order valence-electron chi connectivity index (χ3n) is 1.47. The molecule has 2 aliphatic heterocycles. The maximum atomic E-state index is 4.03. The van der Waals surface area contributed by atoms with Crippen LogP contribution in [0.3, 0.4) is 0 Å². The number of amidine groups is 1. The molecule has 0 aromatic carbocycles. The number of nitrogens with one attached hydrogen (secondary N) is 2. The molecule has 0 amide bonds. The maximum absolute atomic E-state index is 4.03. The van der Waals surface area contributed by atoms with E-state index in [1.54, 1.807) is 24.7 Å². The van der Waals surface area contributed by atoms with Gasteiger partial charge in [-0.2, -0.15) is 10.2 Å². The van der Waals surface area contributed by atoms with Crippen molar-refractivity contribution in [1.29, 1.82) is 0 Å². The Bertz CT molecular complexity index is 398. The minimum absolute atomic E-state index is 0.522. The highest BCUT2D eigenvalue weighted by Gasteiger charge is 2.01. The average Bonchev–Trinajstić information content (AvgIpc) is 2.23. The summed E-state index contributed by atoms with van der Waals surface area (Å²) in [6.07, 6.45) is 6.41. The summed E-state index contributed by atoms with van der Waals surface area (Å²) in [5.41, 5.74) is 6.07. The smallest absolute Gasteiger partial charge is 0.175 e. The molecule has 0 aliphatic carbocycles. The first-order valence-electron chi connectivity index (χ1n) is 3.95. The summed E-state index contributed by atoms with van der Waals surface area (Å²) in [7, 11) is 0. The predicted molar refractivity (Wildman–Crippen MR) is 56.4 cm³/mol. The Kier molecular flexibility index (Phi) is 2.18. The highest BCUT2D eigenvalue weighted by atomic mass is 15.4. The number of hydrogen-bond acceptors (Lipinski definition) is 6. The molecule has 2 heterocycles. The van der Waals surface area contributed by atoms with E-state index in [-0.39, 0.29) is 0 Å². The molecule has 0 unspecified atom stereocenters. The fourth-order valence-electron chi connectivity index (χ4n) is 0.871. The Balaban J connectivity index is 2.11. The molecule has 0 saturated carbocycles. The lowest BCUT2D eigenvalue weighted by molar-refractivity contribution is 0.870. The summed E-state index contributed by atoms with van der Waals surface area (Å²) in [5.74, 6) is 1.12. The third-order valence-corrected chi connectivity index (χ3v) is 1.47. The van der Waals surface area contributed by atoms with Crippen LogP contribution in [0.4, 0.5) is 0 Å². The van der Waals surface area contributed by atoms with Crippen LogP contribution in [-0.2, 0) is 0 Å². The second kappa shape index (κ2) is 3.65. The molecule has 2 rings (SSSR count). The molecule has 0 radical (unpaired) electrons. The second-order valence-electron chi connectivity index (χ2n) is 2.56. The SMILES string of the molecule is C=C1C=NC(/C=C2\N=CC=NN2)=NN1. The van der Waals surface area contributed by atoms with E-state index < -0.39 is 0 Å². The first-order valence-corrected chi connectivity index (χ1v) is 3.95. The monoisotopic (exact) mass is 188 g/mol. The Morgan fingerprint density at radius 1 is 1.21 bits per heavy atom. The number of rotatable bonds is 1. The van der Waals surface area contributed by atoms with E-state index in [2.05, 4.69) is 37.6 Å². The van der Waals surface area contributed by atoms with E-state index >= 15 is 0 Å². The summed E-state index contributed by atoms with van der Waals surface area (Å²) < 4.78 is 0. The maximum Gasteiger partial charge on any atom is 0.175 e. The standard InChI is InChI=1S/C8H8N6/c1-6-5-10-8(14-12-6)4-7-9-2-3-11-13-7/h2-5,12-13H,1H2/b7-4+. The van der Waals surface area contributed by atoms with Crippen LogP contribution in [0.1, 0.15) is 0 Å². The number of hydrazone groups is 2. The summed E-state index contributed by atoms with van der Waals surface area (Å²) in [5, 5.41) is 7.73. The second-order valence-corrected chi connectivity index (χ2v) is 2.56. The van der Waals surface area contributed by atoms with Gasteiger partial charge in [0.25, 0.3) is 0 Å². The van der Waals surface area contributed by atoms with Gasteiger partial charge in [-0.25, -0.2) is 9.98 Å². The molecule has 2 aliphatic rings. The van der Waals surface area contributed by atoms with Crippen LogP contribution in [0.15, 0.2) is 44.4 Å². The Hall–Kier alpha value is -2.24. The fraction of sp³-hybridized carbons (Fsp3) is 0. The van der Waals surface area contributed by atoms with E-state index in [9.17, 15) is 0 Å². The Morgan fingerprint density at radius 2 is 2.14 bits per heavy atom. The minimum atomic E-state index is 0.522. The average molecular weight is 188 g/mol. The zero-order valence-electron chi connectivity index (χ0n) is 7.31. The molecule has 0 saturated heterocycles. The molecule has 6 nitrogen and oxygen atoms in total. The van der Waals surface area contributed by atoms with Crippen LogP contribution in [0.25, 0.3) is 0 Å². The van der Waals surface area contributed by atoms with Crippen molar-refractivity contribution in [2.24, 2.45) is 20.2 Å². The van der Waals surface area contributed by atoms with Gasteiger partial charge in [0, 0.05) is 12.3 Å². The first-order chi connectivity index (χ1) is 6.84. The van der Waals surface area contributed by atoms with Crippen molar-refractivity contribution in [1.82, 2.24) is 10.9 Å². The van der Waals surface area contributed by atoms with Crippen molar-refractivity contribution in [3.63, 3.8) is 0 Å². The molecule has 2 N–H and O–H groups in total. The van der Waals surface area contributed by atoms with Gasteiger partial charge < -0.3 is 0 Å². The summed E-state index contributed by atoms with van der Waals surface area (Å²) in [6, 6.07) is 0. The van der Waals surface area contributed by atoms with Crippen molar-refractivity contribution >= 4 is 24.5 Å². The summed E-state index contributed by atoms with van der Waals surface area (Å²) >= 11 is 0. The van der Waals surface area contributed by atoms with Crippen LogP contribution in [0, 0.1) is 0 Å². The van der Waals surface area contributed by atoms with Crippen LogP contribution in [-0.4, -0.2) is 24.5 Å². The van der Waals surface area contributed by atoms with Gasteiger partial charge in [-0.15, -0.1) is 0 Å². The van der Waals surface area contributed by atoms with Gasteiger partial charge in [0.2, 0.25) is 0 Å². The molecule has 0 bridgehead atoms. The Labute approximate surface area is 80.5 Å². The van der Waals surface area contributed by atoms with Crippen LogP contribution in [0.5, 0.6) is 0 Å². The van der Waals surface area contributed by atoms with E-state index in [0.29, 0.717) is 17.4 Å². The van der Waals surface area contributed by atoms with E-state index in [4.69, 9.17) is 0 Å². The number of aliphatic imine (C=N–C) groups is 2. The van der Waals surface area contributed by atoms with Crippen molar-refractivity contribution in [2.45, 2.75) is 0 Å². The van der Waals surface area contributed by atoms with E-state index in [0.717, 1.165) is 0 Å². The van der Waals surface area contributed by atoms with Crippen LogP contribution in [0.2, 0.25) is 0 Å². The van der Waals surface area contributed by atoms with Gasteiger partial charge in [0.1, 0.15) is 5.82 Å². The van der Waals surface area contributed by atoms with Crippen LogP contribution < -0.4 is 10.9 Å². The van der Waals surface area contributed by atoms with E-state index in [1.165, 1.54) is 0 Å². The van der Waals surface area contributed by atoms with Gasteiger partial charge in [0.15, 0.2) is 5.84 Å². The predicted octanol–water partition coefficient (Wildman–Crippen LogP) is -0.0112. The molecule has 0 aromatic heterocycles. The highest BCUT2D eigenvalue weighted by Crippen LogP contribution is 1.98.